The maximum Gasteiger partial charge on any atom is 0.129 e. The van der Waals surface area contributed by atoms with Crippen LogP contribution in [0.2, 0.25) is 0 Å². The minimum Gasteiger partial charge on any atom is -0.497 e. The van der Waals surface area contributed by atoms with E-state index in [0.29, 0.717) is 12.3 Å². The van der Waals surface area contributed by atoms with Crippen LogP contribution in [0, 0.1) is 0 Å². The number of methoxy groups -OCH3 is 1. The number of aliphatic hydroxyl groups is 1. The average Bonchev–Trinajstić information content (AvgIpc) is 2.86. The lowest BCUT2D eigenvalue weighted by molar-refractivity contribution is 0.231. The summed E-state index contributed by atoms with van der Waals surface area (Å²) in [5.41, 5.74) is 1.19. The van der Waals surface area contributed by atoms with Crippen LogP contribution in [0.15, 0.2) is 40.8 Å². The summed E-state index contributed by atoms with van der Waals surface area (Å²) in [5.74, 6) is 2.32. The first-order valence-corrected chi connectivity index (χ1v) is 6.21. The van der Waals surface area contributed by atoms with Crippen molar-refractivity contribution < 1.29 is 14.3 Å². The number of benzene rings is 1. The molecule has 1 heterocycles. The van der Waals surface area contributed by atoms with E-state index in [0.717, 1.165) is 18.1 Å². The minimum atomic E-state index is -0.0560. The summed E-state index contributed by atoms with van der Waals surface area (Å²) in [6.07, 6.45) is 0. The van der Waals surface area contributed by atoms with Gasteiger partial charge in [-0.05, 0) is 36.9 Å². The molecule has 0 fully saturated rings. The van der Waals surface area contributed by atoms with Gasteiger partial charge in [0.2, 0.25) is 0 Å². The number of aliphatic hydroxyl groups excluding tert-OH is 1. The highest BCUT2D eigenvalue weighted by atomic mass is 16.5. The molecule has 0 radical (unpaired) electrons. The van der Waals surface area contributed by atoms with Crippen LogP contribution in [0.25, 0.3) is 0 Å². The van der Waals surface area contributed by atoms with Crippen molar-refractivity contribution in [3.63, 3.8) is 0 Å². The molecule has 1 N–H and O–H groups in total. The van der Waals surface area contributed by atoms with Crippen molar-refractivity contribution in [2.45, 2.75) is 19.7 Å². The zero-order valence-corrected chi connectivity index (χ0v) is 11.3. The molecule has 19 heavy (non-hydrogen) atoms. The first kappa shape index (κ1) is 13.6. The van der Waals surface area contributed by atoms with Crippen molar-refractivity contribution in [1.29, 1.82) is 0 Å². The Morgan fingerprint density at radius 1 is 1.16 bits per heavy atom. The largest absolute Gasteiger partial charge is 0.497 e. The molecule has 0 saturated heterocycles. The van der Waals surface area contributed by atoms with Gasteiger partial charge in [-0.15, -0.1) is 0 Å². The standard InChI is InChI=1S/C15H19NO3/c1-16(10-14-6-7-15(11-17)19-14)9-12-4-3-5-13(8-12)18-2/h3-8,17H,9-11H2,1-2H3. The van der Waals surface area contributed by atoms with E-state index in [-0.39, 0.29) is 6.61 Å². The zero-order valence-electron chi connectivity index (χ0n) is 11.3. The molecular weight excluding hydrogens is 242 g/mol. The van der Waals surface area contributed by atoms with Crippen molar-refractivity contribution in [2.24, 2.45) is 0 Å². The molecule has 0 aliphatic heterocycles. The van der Waals surface area contributed by atoms with Gasteiger partial charge in [-0.1, -0.05) is 12.1 Å². The van der Waals surface area contributed by atoms with Crippen LogP contribution in [0.5, 0.6) is 5.75 Å². The second kappa shape index (κ2) is 6.41. The molecule has 102 valence electrons. The fourth-order valence-corrected chi connectivity index (χ4v) is 2.00. The summed E-state index contributed by atoms with van der Waals surface area (Å²) in [4.78, 5) is 2.15. The molecule has 1 aromatic carbocycles. The second-order valence-corrected chi connectivity index (χ2v) is 4.55. The fourth-order valence-electron chi connectivity index (χ4n) is 2.00. The van der Waals surface area contributed by atoms with E-state index >= 15 is 0 Å². The molecule has 0 aliphatic rings. The van der Waals surface area contributed by atoms with Gasteiger partial charge < -0.3 is 14.3 Å². The van der Waals surface area contributed by atoms with E-state index in [1.807, 2.05) is 31.3 Å². The Balaban J connectivity index is 1.94. The summed E-state index contributed by atoms with van der Waals surface area (Å²) in [5, 5.41) is 8.96. The predicted molar refractivity (Wildman–Crippen MR) is 72.8 cm³/mol. The first-order chi connectivity index (χ1) is 9.21. The molecule has 4 heteroatoms. The van der Waals surface area contributed by atoms with Crippen LogP contribution in [0.1, 0.15) is 17.1 Å². The molecule has 0 saturated carbocycles. The van der Waals surface area contributed by atoms with Crippen molar-refractivity contribution >= 4 is 0 Å². The molecule has 0 unspecified atom stereocenters. The first-order valence-electron chi connectivity index (χ1n) is 6.21. The maximum absolute atomic E-state index is 8.96. The van der Waals surface area contributed by atoms with Crippen molar-refractivity contribution in [3.05, 3.63) is 53.5 Å². The third kappa shape index (κ3) is 3.84. The number of hydrogen-bond donors (Lipinski definition) is 1. The molecule has 0 spiro atoms. The molecule has 4 nitrogen and oxygen atoms in total. The third-order valence-electron chi connectivity index (χ3n) is 2.89. The summed E-state index contributed by atoms with van der Waals surface area (Å²) in [7, 11) is 3.70. The highest BCUT2D eigenvalue weighted by Gasteiger charge is 2.06. The Morgan fingerprint density at radius 2 is 1.95 bits per heavy atom. The smallest absolute Gasteiger partial charge is 0.129 e. The number of hydrogen-bond acceptors (Lipinski definition) is 4. The summed E-state index contributed by atoms with van der Waals surface area (Å²) >= 11 is 0. The monoisotopic (exact) mass is 261 g/mol. The van der Waals surface area contributed by atoms with E-state index in [2.05, 4.69) is 11.0 Å². The lowest BCUT2D eigenvalue weighted by Crippen LogP contribution is -2.16. The van der Waals surface area contributed by atoms with E-state index < -0.39 is 0 Å². The highest BCUT2D eigenvalue weighted by molar-refractivity contribution is 5.28. The van der Waals surface area contributed by atoms with Crippen LogP contribution >= 0.6 is 0 Å². The molecule has 0 amide bonds. The maximum atomic E-state index is 8.96. The molecule has 1 aromatic heterocycles. The van der Waals surface area contributed by atoms with Crippen LogP contribution in [0.3, 0.4) is 0 Å². The lowest BCUT2D eigenvalue weighted by atomic mass is 10.2. The van der Waals surface area contributed by atoms with Gasteiger partial charge in [0.05, 0.1) is 13.7 Å². The highest BCUT2D eigenvalue weighted by Crippen LogP contribution is 2.15. The molecule has 0 bridgehead atoms. The van der Waals surface area contributed by atoms with Gasteiger partial charge in [0, 0.05) is 6.54 Å². The van der Waals surface area contributed by atoms with Gasteiger partial charge in [-0.2, -0.15) is 0 Å². The fraction of sp³-hybridized carbons (Fsp3) is 0.333. The lowest BCUT2D eigenvalue weighted by Gasteiger charge is -2.15. The number of ether oxygens (including phenoxy) is 1. The number of furan rings is 1. The van der Waals surface area contributed by atoms with Crippen molar-refractivity contribution in [3.8, 4) is 5.75 Å². The zero-order chi connectivity index (χ0) is 13.7. The summed E-state index contributed by atoms with van der Waals surface area (Å²) in [6, 6.07) is 11.7. The molecular formula is C15H19NO3. The molecule has 0 atom stereocenters. The van der Waals surface area contributed by atoms with Crippen molar-refractivity contribution in [1.82, 2.24) is 4.90 Å². The SMILES string of the molecule is COc1cccc(CN(C)Cc2ccc(CO)o2)c1. The quantitative estimate of drug-likeness (QED) is 0.867. The Kier molecular flexibility index (Phi) is 4.60. The molecule has 0 aliphatic carbocycles. The van der Waals surface area contributed by atoms with Crippen LogP contribution in [0.4, 0.5) is 0 Å². The van der Waals surface area contributed by atoms with Crippen molar-refractivity contribution in [2.75, 3.05) is 14.2 Å². The van der Waals surface area contributed by atoms with E-state index in [1.165, 1.54) is 5.56 Å². The Morgan fingerprint density at radius 3 is 2.63 bits per heavy atom. The van der Waals surface area contributed by atoms with Gasteiger partial charge in [-0.25, -0.2) is 0 Å². The topological polar surface area (TPSA) is 45.8 Å². The Bertz CT molecular complexity index is 522. The number of rotatable bonds is 6. The van der Waals surface area contributed by atoms with E-state index in [1.54, 1.807) is 13.2 Å². The second-order valence-electron chi connectivity index (χ2n) is 4.55. The Hall–Kier alpha value is -1.78. The van der Waals surface area contributed by atoms with Gasteiger partial charge in [0.15, 0.2) is 0 Å². The van der Waals surface area contributed by atoms with Gasteiger partial charge in [-0.3, -0.25) is 4.90 Å². The summed E-state index contributed by atoms with van der Waals surface area (Å²) in [6.45, 7) is 1.46. The van der Waals surface area contributed by atoms with Crippen LogP contribution in [-0.4, -0.2) is 24.2 Å². The van der Waals surface area contributed by atoms with E-state index in [4.69, 9.17) is 14.3 Å². The van der Waals surface area contributed by atoms with E-state index in [9.17, 15) is 0 Å². The van der Waals surface area contributed by atoms with Gasteiger partial charge in [0.25, 0.3) is 0 Å². The third-order valence-corrected chi connectivity index (χ3v) is 2.89. The van der Waals surface area contributed by atoms with Gasteiger partial charge in [0.1, 0.15) is 23.9 Å². The van der Waals surface area contributed by atoms with Crippen LogP contribution < -0.4 is 4.74 Å². The normalized spacial score (nSPS) is 10.9. The van der Waals surface area contributed by atoms with Gasteiger partial charge >= 0.3 is 0 Å². The molecule has 2 aromatic rings. The summed E-state index contributed by atoms with van der Waals surface area (Å²) < 4.78 is 10.7. The molecule has 2 rings (SSSR count). The van der Waals surface area contributed by atoms with Crippen LogP contribution in [-0.2, 0) is 19.7 Å². The predicted octanol–water partition coefficient (Wildman–Crippen LogP) is 2.41. The minimum absolute atomic E-state index is 0.0560. The average molecular weight is 261 g/mol. The number of nitrogens with zero attached hydrogens (tertiary/aromatic N) is 1. The Labute approximate surface area is 113 Å².